The number of nitrogens with zero attached hydrogens (tertiary/aromatic N) is 2. The zero-order valence-electron chi connectivity index (χ0n) is 10.8. The quantitative estimate of drug-likeness (QED) is 0.836. The van der Waals surface area contributed by atoms with E-state index in [0.717, 1.165) is 18.8 Å². The van der Waals surface area contributed by atoms with Crippen LogP contribution in [0.25, 0.3) is 0 Å². The fourth-order valence-corrected chi connectivity index (χ4v) is 1.68. The van der Waals surface area contributed by atoms with E-state index in [-0.39, 0.29) is 24.0 Å². The van der Waals surface area contributed by atoms with Crippen LogP contribution < -0.4 is 10.2 Å². The maximum absolute atomic E-state index is 11.0. The Hall–Kier alpha value is -1.62. The van der Waals surface area contributed by atoms with Crippen molar-refractivity contribution in [3.8, 4) is 0 Å². The molecule has 0 aromatic heterocycles. The predicted molar refractivity (Wildman–Crippen MR) is 77.0 cm³/mol. The summed E-state index contributed by atoms with van der Waals surface area (Å²) in [6, 6.07) is 5.21. The van der Waals surface area contributed by atoms with Gasteiger partial charge in [0.15, 0.2) is 0 Å². The molecule has 0 aliphatic rings. The number of hydrogen-bond donors (Lipinski definition) is 1. The zero-order chi connectivity index (χ0) is 12.8. The van der Waals surface area contributed by atoms with Gasteiger partial charge in [0.2, 0.25) is 5.91 Å². The second-order valence-electron chi connectivity index (χ2n) is 3.65. The van der Waals surface area contributed by atoms with Crippen molar-refractivity contribution >= 4 is 35.4 Å². The van der Waals surface area contributed by atoms with Gasteiger partial charge in [-0.2, -0.15) is 0 Å². The Morgan fingerprint density at radius 2 is 1.94 bits per heavy atom. The molecule has 0 bridgehead atoms. The van der Waals surface area contributed by atoms with Crippen molar-refractivity contribution in [3.05, 3.63) is 23.1 Å². The van der Waals surface area contributed by atoms with Gasteiger partial charge in [0.05, 0.1) is 5.69 Å². The Bertz CT molecular complexity index is 420. The summed E-state index contributed by atoms with van der Waals surface area (Å²) in [5.41, 5.74) is 1.67. The van der Waals surface area contributed by atoms with Crippen molar-refractivity contribution < 1.29 is 4.79 Å². The maximum atomic E-state index is 11.0. The van der Waals surface area contributed by atoms with Crippen LogP contribution in [0.1, 0.15) is 20.8 Å². The fourth-order valence-electron chi connectivity index (χ4n) is 1.68. The molecule has 1 aromatic carbocycles. The Labute approximate surface area is 113 Å². The van der Waals surface area contributed by atoms with Crippen molar-refractivity contribution in [3.63, 3.8) is 0 Å². The van der Waals surface area contributed by atoms with E-state index in [1.165, 1.54) is 6.92 Å². The minimum atomic E-state index is -0.216. The number of anilines is 2. The van der Waals surface area contributed by atoms with Crippen molar-refractivity contribution in [2.45, 2.75) is 20.8 Å². The lowest BCUT2D eigenvalue weighted by Gasteiger charge is -2.21. The molecule has 0 heterocycles. The van der Waals surface area contributed by atoms with Gasteiger partial charge in [0.25, 0.3) is 0 Å². The first-order valence-corrected chi connectivity index (χ1v) is 5.62. The Kier molecular flexibility index (Phi) is 6.97. The second-order valence-corrected chi connectivity index (χ2v) is 3.65. The molecule has 1 rings (SSSR count). The van der Waals surface area contributed by atoms with Crippen LogP contribution in [-0.4, -0.2) is 19.0 Å². The number of halogens is 1. The van der Waals surface area contributed by atoms with Crippen molar-refractivity contribution in [1.82, 2.24) is 0 Å². The highest BCUT2D eigenvalue weighted by Crippen LogP contribution is 2.29. The van der Waals surface area contributed by atoms with Crippen molar-refractivity contribution in [2.24, 2.45) is 5.18 Å². The van der Waals surface area contributed by atoms with Gasteiger partial charge in [-0.1, -0.05) is 0 Å². The molecule has 0 unspecified atom stereocenters. The van der Waals surface area contributed by atoms with Crippen LogP contribution in [0.3, 0.4) is 0 Å². The number of hydrogen-bond acceptors (Lipinski definition) is 4. The van der Waals surface area contributed by atoms with Gasteiger partial charge in [-0.3, -0.25) is 4.79 Å². The number of nitroso groups, excluding NO2 is 1. The highest BCUT2D eigenvalue weighted by atomic mass is 35.5. The molecule has 0 aliphatic carbocycles. The lowest BCUT2D eigenvalue weighted by atomic mass is 10.2. The van der Waals surface area contributed by atoms with Crippen LogP contribution in [0.2, 0.25) is 0 Å². The molecule has 0 atom stereocenters. The Morgan fingerprint density at radius 1 is 1.33 bits per heavy atom. The first-order valence-electron chi connectivity index (χ1n) is 5.62. The van der Waals surface area contributed by atoms with E-state index in [9.17, 15) is 9.70 Å². The molecule has 1 aromatic rings. The lowest BCUT2D eigenvalue weighted by molar-refractivity contribution is -0.114. The topological polar surface area (TPSA) is 61.8 Å². The summed E-state index contributed by atoms with van der Waals surface area (Å²) in [5, 5.41) is 5.50. The Morgan fingerprint density at radius 3 is 2.39 bits per heavy atom. The summed E-state index contributed by atoms with van der Waals surface area (Å²) in [6.45, 7) is 7.23. The smallest absolute Gasteiger partial charge is 0.221 e. The molecule has 0 aliphatic heterocycles. The van der Waals surface area contributed by atoms with E-state index in [1.807, 2.05) is 19.9 Å². The summed E-state index contributed by atoms with van der Waals surface area (Å²) < 4.78 is 0. The highest BCUT2D eigenvalue weighted by molar-refractivity contribution is 5.92. The van der Waals surface area contributed by atoms with Crippen molar-refractivity contribution in [2.75, 3.05) is 23.3 Å². The molecule has 5 nitrogen and oxygen atoms in total. The fraction of sp³-hybridized carbons (Fsp3) is 0.417. The van der Waals surface area contributed by atoms with Gasteiger partial charge in [-0.15, -0.1) is 17.3 Å². The number of carbonyl (C=O) groups excluding carboxylic acids is 1. The third kappa shape index (κ3) is 4.00. The van der Waals surface area contributed by atoms with E-state index in [4.69, 9.17) is 0 Å². The molecule has 0 saturated heterocycles. The van der Waals surface area contributed by atoms with Gasteiger partial charge in [0, 0.05) is 25.7 Å². The van der Waals surface area contributed by atoms with E-state index in [2.05, 4.69) is 15.4 Å². The van der Waals surface area contributed by atoms with Crippen LogP contribution >= 0.6 is 12.4 Å². The third-order valence-corrected chi connectivity index (χ3v) is 2.52. The summed E-state index contributed by atoms with van der Waals surface area (Å²) in [7, 11) is 0. The van der Waals surface area contributed by atoms with E-state index in [0.29, 0.717) is 5.69 Å². The zero-order valence-corrected chi connectivity index (χ0v) is 11.6. The molecule has 0 fully saturated rings. The normalized spacial score (nSPS) is 9.28. The van der Waals surface area contributed by atoms with Gasteiger partial charge >= 0.3 is 0 Å². The number of rotatable bonds is 5. The van der Waals surface area contributed by atoms with Gasteiger partial charge in [0.1, 0.15) is 5.69 Å². The molecule has 100 valence electrons. The van der Waals surface area contributed by atoms with Crippen LogP contribution in [0.4, 0.5) is 17.1 Å². The predicted octanol–water partition coefficient (Wildman–Crippen LogP) is 3.31. The minimum absolute atomic E-state index is 0. The Balaban J connectivity index is 0.00000289. The molecule has 1 N–H and O–H groups in total. The molecular formula is C12H18ClN3O2. The average Bonchev–Trinajstić information content (AvgIpc) is 2.30. The molecule has 1 amide bonds. The highest BCUT2D eigenvalue weighted by Gasteiger charge is 2.09. The number of amides is 1. The monoisotopic (exact) mass is 271 g/mol. The molecule has 0 spiro atoms. The molecule has 6 heteroatoms. The van der Waals surface area contributed by atoms with Crippen LogP contribution in [0, 0.1) is 4.91 Å². The molecule has 0 radical (unpaired) electrons. The molecule has 18 heavy (non-hydrogen) atoms. The standard InChI is InChI=1S/C12H17N3O2.ClH/c1-4-15(5-2)10-6-7-11(14-17)12(8-10)13-9(3)16;/h6-8H,4-5H2,1-3H3,(H,13,16);1H. The number of carbonyl (C=O) groups is 1. The van der Waals surface area contributed by atoms with Crippen LogP contribution in [0.15, 0.2) is 23.4 Å². The van der Waals surface area contributed by atoms with Gasteiger partial charge in [-0.25, -0.2) is 0 Å². The summed E-state index contributed by atoms with van der Waals surface area (Å²) in [5.74, 6) is -0.216. The second kappa shape index (κ2) is 7.66. The third-order valence-electron chi connectivity index (χ3n) is 2.52. The first-order chi connectivity index (χ1) is 8.12. The lowest BCUT2D eigenvalue weighted by Crippen LogP contribution is -2.21. The van der Waals surface area contributed by atoms with Crippen molar-refractivity contribution in [1.29, 1.82) is 0 Å². The summed E-state index contributed by atoms with van der Waals surface area (Å²) in [4.78, 5) is 23.8. The van der Waals surface area contributed by atoms with Gasteiger partial charge < -0.3 is 10.2 Å². The molecule has 0 saturated carbocycles. The van der Waals surface area contributed by atoms with E-state index >= 15 is 0 Å². The van der Waals surface area contributed by atoms with E-state index in [1.54, 1.807) is 12.1 Å². The summed E-state index contributed by atoms with van der Waals surface area (Å²) in [6.07, 6.45) is 0. The summed E-state index contributed by atoms with van der Waals surface area (Å²) >= 11 is 0. The van der Waals surface area contributed by atoms with Crippen LogP contribution in [-0.2, 0) is 4.79 Å². The van der Waals surface area contributed by atoms with Gasteiger partial charge in [-0.05, 0) is 37.2 Å². The molecular weight excluding hydrogens is 254 g/mol. The SMILES string of the molecule is CCN(CC)c1ccc(N=O)c(NC(C)=O)c1.Cl. The van der Waals surface area contributed by atoms with Crippen LogP contribution in [0.5, 0.6) is 0 Å². The van der Waals surface area contributed by atoms with E-state index < -0.39 is 0 Å². The largest absolute Gasteiger partial charge is 0.372 e. The maximum Gasteiger partial charge on any atom is 0.221 e. The number of nitrogens with one attached hydrogen (secondary N) is 1. The average molecular weight is 272 g/mol. The number of benzene rings is 1. The first kappa shape index (κ1) is 16.4. The minimum Gasteiger partial charge on any atom is -0.372 e.